The van der Waals surface area contributed by atoms with Crippen LogP contribution in [0.15, 0.2) is 84.2 Å². The molecule has 1 aliphatic rings. The zero-order chi connectivity index (χ0) is 47.5. The number of nitrogens with one attached hydrogen (secondary N) is 3. The zero-order valence-electron chi connectivity index (χ0n) is 37.3. The fourth-order valence-corrected chi connectivity index (χ4v) is 9.78. The van der Waals surface area contributed by atoms with Gasteiger partial charge in [-0.3, -0.25) is 9.79 Å². The molecule has 0 bridgehead atoms. The molecular formula is C52H52N4O10. The molecule has 340 valence electrons. The second kappa shape index (κ2) is 17.4. The molecule has 0 aliphatic heterocycles. The number of hydrogen-bond donors (Lipinski definition) is 10. The molecule has 14 heteroatoms. The van der Waals surface area contributed by atoms with E-state index < -0.39 is 64.8 Å². The molecule has 0 saturated heterocycles. The molecule has 66 heavy (non-hydrogen) atoms. The van der Waals surface area contributed by atoms with Gasteiger partial charge in [0.2, 0.25) is 0 Å². The summed E-state index contributed by atoms with van der Waals surface area (Å²) in [6, 6.07) is 15.7. The average Bonchev–Trinajstić information content (AvgIpc) is 3.87. The Bertz CT molecular complexity index is 3170. The first-order valence-electron chi connectivity index (χ1n) is 21.8. The molecule has 14 nitrogen and oxygen atoms in total. The van der Waals surface area contributed by atoms with E-state index >= 15 is 0 Å². The van der Waals surface area contributed by atoms with Crippen LogP contribution in [0, 0.1) is 19.8 Å². The number of phenolic OH excluding ortho intramolecular Hbond substituents is 4. The van der Waals surface area contributed by atoms with Gasteiger partial charge in [-0.05, 0) is 71.0 Å². The number of carbonyl (C=O) groups excluding carboxylic acids is 1. The van der Waals surface area contributed by atoms with Crippen molar-refractivity contribution in [3.63, 3.8) is 0 Å². The van der Waals surface area contributed by atoms with Crippen LogP contribution in [-0.2, 0) is 27.2 Å². The minimum absolute atomic E-state index is 0.0190. The largest absolute Gasteiger partial charge is 0.507 e. The topological polar surface area (TPSA) is 249 Å². The number of ketones is 1. The summed E-state index contributed by atoms with van der Waals surface area (Å²) in [6.45, 7) is 10.7. The number of carboxylic acids is 2. The molecule has 0 amide bonds. The number of fused-ring (bicyclic) bond motifs is 4. The van der Waals surface area contributed by atoms with E-state index in [0.29, 0.717) is 33.2 Å². The Morgan fingerprint density at radius 3 is 1.89 bits per heavy atom. The van der Waals surface area contributed by atoms with Gasteiger partial charge in [0.15, 0.2) is 23.3 Å². The van der Waals surface area contributed by atoms with Crippen LogP contribution >= 0.6 is 0 Å². The van der Waals surface area contributed by atoms with E-state index in [1.54, 1.807) is 52.2 Å². The Morgan fingerprint density at radius 1 is 0.742 bits per heavy atom. The lowest BCUT2D eigenvalue weighted by molar-refractivity contribution is -0.139. The number of aromatic hydroxyl groups is 4. The predicted molar refractivity (Wildman–Crippen MR) is 254 cm³/mol. The van der Waals surface area contributed by atoms with Gasteiger partial charge in [0.05, 0.1) is 0 Å². The molecule has 10 N–H and O–H groups in total. The second-order valence-corrected chi connectivity index (χ2v) is 17.9. The van der Waals surface area contributed by atoms with Gasteiger partial charge >= 0.3 is 11.9 Å². The van der Waals surface area contributed by atoms with Gasteiger partial charge in [-0.15, -0.1) is 0 Å². The van der Waals surface area contributed by atoms with Crippen molar-refractivity contribution in [1.82, 2.24) is 15.3 Å². The number of H-pyrrole nitrogens is 2. The Kier molecular flexibility index (Phi) is 11.9. The smallest absolute Gasteiger partial charge is 0.328 e. The molecule has 1 unspecified atom stereocenters. The lowest BCUT2D eigenvalue weighted by atomic mass is 9.70. The number of hydrogen-bond acceptors (Lipinski definition) is 10. The lowest BCUT2D eigenvalue weighted by Gasteiger charge is -2.35. The number of aryl methyl sites for hydroxylation is 2. The van der Waals surface area contributed by atoms with Gasteiger partial charge in [-0.2, -0.15) is 0 Å². The third-order valence-electron chi connectivity index (χ3n) is 13.0. The number of aliphatic carboxylic acids is 2. The summed E-state index contributed by atoms with van der Waals surface area (Å²) >= 11 is 0. The molecule has 7 aromatic rings. The summed E-state index contributed by atoms with van der Waals surface area (Å²) in [6.07, 6.45) is 4.27. The maximum Gasteiger partial charge on any atom is 0.328 e. The molecular weight excluding hydrogens is 841 g/mol. The van der Waals surface area contributed by atoms with E-state index in [1.807, 2.05) is 62.4 Å². The molecule has 2 heterocycles. The first-order chi connectivity index (χ1) is 31.4. The normalized spacial score (nSPS) is 16.9. The van der Waals surface area contributed by atoms with Gasteiger partial charge in [-0.25, -0.2) is 9.59 Å². The number of aromatic amines is 2. The van der Waals surface area contributed by atoms with Gasteiger partial charge in [-0.1, -0.05) is 76.2 Å². The van der Waals surface area contributed by atoms with Crippen LogP contribution in [0.5, 0.6) is 23.0 Å². The monoisotopic (exact) mass is 892 g/mol. The highest BCUT2D eigenvalue weighted by atomic mass is 16.4. The Balaban J connectivity index is 1.30. The molecule has 0 saturated carbocycles. The second-order valence-electron chi connectivity index (χ2n) is 17.9. The lowest BCUT2D eigenvalue weighted by Crippen LogP contribution is -2.39. The van der Waals surface area contributed by atoms with Crippen molar-refractivity contribution in [3.05, 3.63) is 124 Å². The van der Waals surface area contributed by atoms with Crippen LogP contribution < -0.4 is 5.32 Å². The zero-order valence-corrected chi connectivity index (χ0v) is 37.3. The van der Waals surface area contributed by atoms with Crippen LogP contribution in [0.2, 0.25) is 0 Å². The fourth-order valence-electron chi connectivity index (χ4n) is 9.78. The van der Waals surface area contributed by atoms with E-state index in [0.717, 1.165) is 33.6 Å². The van der Waals surface area contributed by atoms with Crippen molar-refractivity contribution in [3.8, 4) is 34.1 Å². The molecule has 0 fully saturated rings. The fraction of sp³-hybridized carbons (Fsp3) is 0.269. The number of carboxylic acid groups (broad SMARTS) is 2. The number of para-hydroxylation sites is 2. The number of aliphatic hydroxyl groups excluding tert-OH is 1. The molecule has 5 aromatic carbocycles. The van der Waals surface area contributed by atoms with Crippen LogP contribution in [-0.4, -0.2) is 87.8 Å². The Labute approximate surface area is 379 Å². The van der Waals surface area contributed by atoms with Crippen molar-refractivity contribution in [2.45, 2.75) is 84.4 Å². The third kappa shape index (κ3) is 7.66. The summed E-state index contributed by atoms with van der Waals surface area (Å²) in [5.74, 6) is -6.57. The molecule has 4 atom stereocenters. The Morgan fingerprint density at radius 2 is 1.32 bits per heavy atom. The average molecular weight is 893 g/mol. The summed E-state index contributed by atoms with van der Waals surface area (Å²) < 4.78 is 0. The minimum Gasteiger partial charge on any atom is -0.507 e. The van der Waals surface area contributed by atoms with E-state index in [-0.39, 0.29) is 57.9 Å². The first-order valence-corrected chi connectivity index (χ1v) is 21.8. The van der Waals surface area contributed by atoms with E-state index in [2.05, 4.69) is 20.3 Å². The SMILES string of the molecule is Cc1cc2c(c(O)c1-c1c(C)cc3c(C(C)C)c(O)c(O)c(C=N[C@@H](Cc4c[nH]c5ccccc45)C(=O)O)c3c1O)/C(=C/N[C@@H](Cc1c[nH]c3ccccc13)C(=O)O)C(=O)C(O)[C@@H]2C(C)C. The number of phenols is 4. The number of carbonyl (C=O) groups is 3. The summed E-state index contributed by atoms with van der Waals surface area (Å²) in [5.41, 5.74) is 4.65. The first kappa shape index (κ1) is 45.0. The maximum atomic E-state index is 14.2. The number of rotatable bonds is 13. The highest BCUT2D eigenvalue weighted by Crippen LogP contribution is 2.54. The minimum atomic E-state index is -1.53. The molecule has 2 aromatic heterocycles. The van der Waals surface area contributed by atoms with Gasteiger partial charge in [0, 0.05) is 104 Å². The van der Waals surface area contributed by atoms with Gasteiger partial charge in [0.25, 0.3) is 0 Å². The van der Waals surface area contributed by atoms with Crippen LogP contribution in [0.1, 0.15) is 84.0 Å². The van der Waals surface area contributed by atoms with Crippen LogP contribution in [0.3, 0.4) is 0 Å². The summed E-state index contributed by atoms with van der Waals surface area (Å²) in [7, 11) is 0. The van der Waals surface area contributed by atoms with Gasteiger partial charge in [0.1, 0.15) is 23.6 Å². The van der Waals surface area contributed by atoms with Crippen molar-refractivity contribution in [1.29, 1.82) is 0 Å². The number of aliphatic imine (C=N–C) groups is 1. The Hall–Kier alpha value is -7.58. The maximum absolute atomic E-state index is 14.2. The van der Waals surface area contributed by atoms with E-state index in [9.17, 15) is 50.1 Å². The number of aliphatic hydroxyl groups is 1. The molecule has 0 spiro atoms. The van der Waals surface area contributed by atoms with Crippen molar-refractivity contribution in [2.75, 3.05) is 0 Å². The number of aromatic nitrogens is 2. The molecule has 1 aliphatic carbocycles. The van der Waals surface area contributed by atoms with Crippen LogP contribution in [0.25, 0.3) is 49.3 Å². The van der Waals surface area contributed by atoms with Crippen molar-refractivity contribution >= 4 is 62.1 Å². The summed E-state index contributed by atoms with van der Waals surface area (Å²) in [5, 5.41) is 85.4. The highest BCUT2D eigenvalue weighted by molar-refractivity contribution is 6.26. The standard InChI is InChI=1S/C52H52N4O10/c1-23(2)39-31-15-25(5)41(47(59)43(31)33(45(57)49(39)61)21-55-37(51(63)64)17-27-19-53-35-13-9-7-11-29(27)35)42-26(6)16-32-40(24(3)4)50(62)46(58)34(44(32)48(42)60)22-56-38(52(65)66)18-28-20-54-36-14-10-8-12-30(28)36/h7-16,19-24,37-39,49,53-55,58-62H,17-18H2,1-6H3,(H,63,64)(H,65,66)/b33-21-,56-22?/t37-,38-,39+,49?/m0/s1. The predicted octanol–water partition coefficient (Wildman–Crippen LogP) is 8.46. The number of Topliss-reactive ketones (excluding diaryl/α,β-unsaturated/α-hetero) is 1. The summed E-state index contributed by atoms with van der Waals surface area (Å²) in [4.78, 5) is 50.3. The quantitative estimate of drug-likeness (QED) is 0.0299. The van der Waals surface area contributed by atoms with Crippen LogP contribution in [0.4, 0.5) is 0 Å². The highest BCUT2D eigenvalue weighted by Gasteiger charge is 2.42. The van der Waals surface area contributed by atoms with Gasteiger partial charge < -0.3 is 51.0 Å². The number of benzene rings is 5. The van der Waals surface area contributed by atoms with E-state index in [4.69, 9.17) is 0 Å². The van der Waals surface area contributed by atoms with Crippen molar-refractivity contribution < 1.29 is 50.1 Å². The molecule has 0 radical (unpaired) electrons. The van der Waals surface area contributed by atoms with E-state index in [1.165, 1.54) is 6.20 Å². The van der Waals surface area contributed by atoms with Crippen molar-refractivity contribution in [2.24, 2.45) is 10.9 Å². The third-order valence-corrected chi connectivity index (χ3v) is 13.0. The number of nitrogens with zero attached hydrogens (tertiary/aromatic N) is 1. The molecule has 8 rings (SSSR count).